The minimum Gasteiger partial charge on any atom is -0.462 e. The van der Waals surface area contributed by atoms with E-state index in [2.05, 4.69) is 20.8 Å². The van der Waals surface area contributed by atoms with Gasteiger partial charge in [-0.25, -0.2) is 14.8 Å². The first-order valence-electron chi connectivity index (χ1n) is 11.3. The average Bonchev–Trinajstić information content (AvgIpc) is 3.04. The molecule has 1 unspecified atom stereocenters. The highest BCUT2D eigenvalue weighted by atomic mass is 16.5. The number of esters is 1. The molecule has 0 saturated carbocycles. The Kier molecular flexibility index (Phi) is 7.66. The number of rotatable bonds is 11. The molecule has 0 amide bonds. The van der Waals surface area contributed by atoms with Gasteiger partial charge in [0.1, 0.15) is 16.9 Å². The van der Waals surface area contributed by atoms with Gasteiger partial charge in [-0.15, -0.1) is 0 Å². The largest absolute Gasteiger partial charge is 0.462 e. The van der Waals surface area contributed by atoms with Gasteiger partial charge in [0, 0.05) is 6.04 Å². The topological polar surface area (TPSA) is 83.0 Å². The van der Waals surface area contributed by atoms with E-state index in [1.807, 2.05) is 28.8 Å². The van der Waals surface area contributed by atoms with Crippen molar-refractivity contribution < 1.29 is 9.53 Å². The number of nitrogens with two attached hydrogens (primary N) is 1. The summed E-state index contributed by atoms with van der Waals surface area (Å²) in [7, 11) is 0. The molecule has 0 aliphatic rings. The standard InChI is InChI=1S/C24H34N4O2/c1-4-6-7-8-9-10-13-16-30-24(29)20-21-23(28(22(20)25)17(3)5-2)27-19-15-12-11-14-18(19)26-21/h11-12,14-15,17H,4-10,13,16,25H2,1-3H3. The van der Waals surface area contributed by atoms with Crippen LogP contribution in [-0.2, 0) is 4.74 Å². The number of unbranched alkanes of at least 4 members (excludes halogenated alkanes) is 6. The van der Waals surface area contributed by atoms with E-state index in [0.29, 0.717) is 29.2 Å². The molecule has 6 heteroatoms. The minimum absolute atomic E-state index is 0.104. The van der Waals surface area contributed by atoms with Gasteiger partial charge in [0.15, 0.2) is 5.65 Å². The molecule has 0 aliphatic heterocycles. The molecule has 0 aliphatic carbocycles. The van der Waals surface area contributed by atoms with Crippen LogP contribution in [0.3, 0.4) is 0 Å². The van der Waals surface area contributed by atoms with Crippen molar-refractivity contribution in [2.45, 2.75) is 78.2 Å². The summed E-state index contributed by atoms with van der Waals surface area (Å²) in [5.74, 6) is -0.0191. The maximum Gasteiger partial charge on any atom is 0.344 e. The van der Waals surface area contributed by atoms with Crippen LogP contribution in [0.25, 0.3) is 22.2 Å². The fourth-order valence-electron chi connectivity index (χ4n) is 3.81. The van der Waals surface area contributed by atoms with Gasteiger partial charge in [-0.05, 0) is 31.9 Å². The van der Waals surface area contributed by atoms with Gasteiger partial charge in [0.2, 0.25) is 0 Å². The van der Waals surface area contributed by atoms with Crippen LogP contribution in [0.2, 0.25) is 0 Å². The molecule has 3 rings (SSSR count). The highest BCUT2D eigenvalue weighted by molar-refractivity contribution is 6.08. The number of carbonyl (C=O) groups is 1. The quantitative estimate of drug-likeness (QED) is 0.307. The van der Waals surface area contributed by atoms with Gasteiger partial charge >= 0.3 is 5.97 Å². The average molecular weight is 411 g/mol. The zero-order valence-electron chi connectivity index (χ0n) is 18.5. The summed E-state index contributed by atoms with van der Waals surface area (Å²) in [4.78, 5) is 22.4. The molecular weight excluding hydrogens is 376 g/mol. The van der Waals surface area contributed by atoms with Crippen LogP contribution < -0.4 is 5.73 Å². The Bertz CT molecular complexity index is 996. The van der Waals surface area contributed by atoms with Gasteiger partial charge in [-0.2, -0.15) is 0 Å². The zero-order chi connectivity index (χ0) is 21.5. The lowest BCUT2D eigenvalue weighted by Crippen LogP contribution is -2.12. The molecule has 30 heavy (non-hydrogen) atoms. The smallest absolute Gasteiger partial charge is 0.344 e. The number of anilines is 1. The van der Waals surface area contributed by atoms with Crippen molar-refractivity contribution in [3.63, 3.8) is 0 Å². The number of nitrogen functional groups attached to an aromatic ring is 1. The van der Waals surface area contributed by atoms with Crippen LogP contribution in [0.15, 0.2) is 24.3 Å². The summed E-state index contributed by atoms with van der Waals surface area (Å²) in [5.41, 5.74) is 9.47. The van der Waals surface area contributed by atoms with E-state index in [0.717, 1.165) is 30.3 Å². The Morgan fingerprint density at radius 2 is 1.67 bits per heavy atom. The second kappa shape index (κ2) is 10.4. The van der Waals surface area contributed by atoms with Crippen LogP contribution in [0.5, 0.6) is 0 Å². The second-order valence-electron chi connectivity index (χ2n) is 8.03. The number of fused-ring (bicyclic) bond motifs is 2. The van der Waals surface area contributed by atoms with Gasteiger partial charge in [0.25, 0.3) is 0 Å². The summed E-state index contributed by atoms with van der Waals surface area (Å²) >= 11 is 0. The molecule has 0 fully saturated rings. The molecule has 0 bridgehead atoms. The monoisotopic (exact) mass is 410 g/mol. The molecule has 162 valence electrons. The van der Waals surface area contributed by atoms with E-state index in [9.17, 15) is 4.79 Å². The first-order chi connectivity index (χ1) is 14.6. The molecule has 3 aromatic rings. The normalized spacial score (nSPS) is 12.5. The Morgan fingerprint density at radius 3 is 2.33 bits per heavy atom. The Hall–Kier alpha value is -2.63. The predicted octanol–water partition coefficient (Wildman–Crippen LogP) is 6.05. The van der Waals surface area contributed by atoms with E-state index in [1.54, 1.807) is 0 Å². The summed E-state index contributed by atoms with van der Waals surface area (Å²) in [5, 5.41) is 0. The van der Waals surface area contributed by atoms with Crippen molar-refractivity contribution in [3.8, 4) is 0 Å². The van der Waals surface area contributed by atoms with Crippen LogP contribution in [0.4, 0.5) is 5.82 Å². The molecule has 1 atom stereocenters. The van der Waals surface area contributed by atoms with Gasteiger partial charge in [-0.3, -0.25) is 0 Å². The van der Waals surface area contributed by atoms with Crippen molar-refractivity contribution in [1.29, 1.82) is 0 Å². The summed E-state index contributed by atoms with van der Waals surface area (Å²) in [6, 6.07) is 7.76. The highest BCUT2D eigenvalue weighted by Gasteiger charge is 2.26. The lowest BCUT2D eigenvalue weighted by Gasteiger charge is -2.14. The number of ether oxygens (including phenoxy) is 1. The second-order valence-corrected chi connectivity index (χ2v) is 8.03. The van der Waals surface area contributed by atoms with E-state index >= 15 is 0 Å². The number of nitrogens with zero attached hydrogens (tertiary/aromatic N) is 3. The Balaban J connectivity index is 1.79. The van der Waals surface area contributed by atoms with E-state index in [-0.39, 0.29) is 6.04 Å². The lowest BCUT2D eigenvalue weighted by molar-refractivity contribution is 0.0501. The van der Waals surface area contributed by atoms with Crippen molar-refractivity contribution in [1.82, 2.24) is 14.5 Å². The first-order valence-corrected chi connectivity index (χ1v) is 11.3. The zero-order valence-corrected chi connectivity index (χ0v) is 18.5. The summed E-state index contributed by atoms with van der Waals surface area (Å²) < 4.78 is 7.50. The molecule has 2 aromatic heterocycles. The van der Waals surface area contributed by atoms with Crippen molar-refractivity contribution in [3.05, 3.63) is 29.8 Å². The van der Waals surface area contributed by atoms with Crippen molar-refractivity contribution in [2.75, 3.05) is 12.3 Å². The van der Waals surface area contributed by atoms with E-state index in [1.165, 1.54) is 32.1 Å². The summed E-state index contributed by atoms with van der Waals surface area (Å²) in [6.45, 7) is 6.78. The molecule has 1 aromatic carbocycles. The fraction of sp³-hybridized carbons (Fsp3) is 0.542. The molecule has 0 radical (unpaired) electrons. The van der Waals surface area contributed by atoms with Crippen LogP contribution in [-0.4, -0.2) is 27.1 Å². The maximum atomic E-state index is 12.9. The SMILES string of the molecule is CCCCCCCCCOC(=O)c1c(N)n(C(C)CC)c2nc3ccccc3nc12. The van der Waals surface area contributed by atoms with E-state index in [4.69, 9.17) is 20.4 Å². The minimum atomic E-state index is -0.407. The lowest BCUT2D eigenvalue weighted by atomic mass is 10.1. The number of para-hydroxylation sites is 2. The van der Waals surface area contributed by atoms with Crippen molar-refractivity contribution in [2.24, 2.45) is 0 Å². The summed E-state index contributed by atoms with van der Waals surface area (Å²) in [6.07, 6.45) is 9.08. The van der Waals surface area contributed by atoms with Gasteiger partial charge in [-0.1, -0.05) is 64.5 Å². The third-order valence-corrected chi connectivity index (χ3v) is 5.75. The highest BCUT2D eigenvalue weighted by Crippen LogP contribution is 2.32. The van der Waals surface area contributed by atoms with Crippen LogP contribution in [0.1, 0.15) is 88.5 Å². The molecule has 0 spiro atoms. The third-order valence-electron chi connectivity index (χ3n) is 5.75. The van der Waals surface area contributed by atoms with E-state index < -0.39 is 5.97 Å². The molecule has 0 saturated heterocycles. The number of aromatic nitrogens is 3. The van der Waals surface area contributed by atoms with Crippen molar-refractivity contribution >= 4 is 34.0 Å². The maximum absolute atomic E-state index is 12.9. The Labute approximate surface area is 178 Å². The molecule has 6 nitrogen and oxygen atoms in total. The number of hydrogen-bond donors (Lipinski definition) is 1. The number of benzene rings is 1. The predicted molar refractivity (Wildman–Crippen MR) is 123 cm³/mol. The molecular formula is C24H34N4O2. The number of hydrogen-bond acceptors (Lipinski definition) is 5. The Morgan fingerprint density at radius 1 is 1.03 bits per heavy atom. The number of carbonyl (C=O) groups excluding carboxylic acids is 1. The first kappa shape index (κ1) is 22.1. The molecule has 2 heterocycles. The van der Waals surface area contributed by atoms with Crippen LogP contribution in [0, 0.1) is 0 Å². The molecule has 2 N–H and O–H groups in total. The van der Waals surface area contributed by atoms with Gasteiger partial charge in [0.05, 0.1) is 17.6 Å². The fourth-order valence-corrected chi connectivity index (χ4v) is 3.81. The third kappa shape index (κ3) is 4.74. The van der Waals surface area contributed by atoms with Gasteiger partial charge < -0.3 is 15.0 Å². The van der Waals surface area contributed by atoms with Crippen LogP contribution >= 0.6 is 0 Å².